The average molecular weight is 391 g/mol. The molecule has 0 saturated carbocycles. The molecule has 0 amide bonds. The highest BCUT2D eigenvalue weighted by Crippen LogP contribution is 2.39. The zero-order valence-electron chi connectivity index (χ0n) is 8.42. The molecule has 9 heteroatoms. The van der Waals surface area contributed by atoms with Crippen LogP contribution in [-0.2, 0) is 6.18 Å². The number of nitrogens with zero attached hydrogens (tertiary/aromatic N) is 1. The van der Waals surface area contributed by atoms with E-state index in [4.69, 9.17) is 0 Å². The number of carbonyl (C=O) groups is 1. The summed E-state index contributed by atoms with van der Waals surface area (Å²) in [5, 5.41) is 10.5. The van der Waals surface area contributed by atoms with Crippen molar-refractivity contribution in [2.75, 3.05) is 5.33 Å². The van der Waals surface area contributed by atoms with Crippen LogP contribution in [0.5, 0.6) is 0 Å². The maximum atomic E-state index is 12.6. The topological polar surface area (TPSA) is 60.2 Å². The van der Waals surface area contributed by atoms with E-state index in [-0.39, 0.29) is 15.4 Å². The third-order valence-corrected chi connectivity index (χ3v) is 3.17. The van der Waals surface area contributed by atoms with E-state index in [1.165, 1.54) is 0 Å². The van der Waals surface area contributed by atoms with Crippen LogP contribution in [0.3, 0.4) is 0 Å². The van der Waals surface area contributed by atoms with E-state index in [1.54, 1.807) is 0 Å². The van der Waals surface area contributed by atoms with E-state index in [2.05, 4.69) is 31.9 Å². The Hall–Kier alpha value is -0.960. The van der Waals surface area contributed by atoms with Gasteiger partial charge < -0.3 is 0 Å². The van der Waals surface area contributed by atoms with Gasteiger partial charge in [0.05, 0.1) is 10.3 Å². The van der Waals surface area contributed by atoms with Gasteiger partial charge >= 0.3 is 6.18 Å². The molecule has 98 valence electrons. The van der Waals surface area contributed by atoms with Crippen LogP contribution in [0, 0.1) is 10.1 Å². The maximum absolute atomic E-state index is 12.6. The van der Waals surface area contributed by atoms with E-state index in [0.29, 0.717) is 12.1 Å². The van der Waals surface area contributed by atoms with Gasteiger partial charge in [-0.3, -0.25) is 14.9 Å². The number of ketones is 1. The molecule has 0 bridgehead atoms. The Balaban J connectivity index is 3.54. The number of halogens is 5. The summed E-state index contributed by atoms with van der Waals surface area (Å²) in [6, 6.07) is 1.16. The van der Waals surface area contributed by atoms with Crippen LogP contribution in [0.25, 0.3) is 0 Å². The number of carbonyl (C=O) groups excluding carboxylic acids is 1. The molecule has 0 aliphatic heterocycles. The highest BCUT2D eigenvalue weighted by molar-refractivity contribution is 9.10. The third kappa shape index (κ3) is 3.08. The molecule has 4 nitrogen and oxygen atoms in total. The Bertz CT molecular complexity index is 517. The summed E-state index contributed by atoms with van der Waals surface area (Å²) in [4.78, 5) is 20.8. The summed E-state index contributed by atoms with van der Waals surface area (Å²) in [6.07, 6.45) is -4.86. The number of Topliss-reactive ketones (excluding diaryl/α,β-unsaturated/α-hetero) is 1. The zero-order valence-corrected chi connectivity index (χ0v) is 11.6. The van der Waals surface area contributed by atoms with Gasteiger partial charge in [0.1, 0.15) is 5.56 Å². The normalized spacial score (nSPS) is 11.4. The SMILES string of the molecule is O=C(CBr)c1cc([N+](=O)[O-])c(C(F)(F)F)cc1Br. The van der Waals surface area contributed by atoms with Crippen molar-refractivity contribution in [3.05, 3.63) is 37.8 Å². The molecular formula is C9H4Br2F3NO3. The number of rotatable bonds is 3. The fourth-order valence-electron chi connectivity index (χ4n) is 1.23. The van der Waals surface area contributed by atoms with Gasteiger partial charge in [-0.05, 0) is 6.07 Å². The van der Waals surface area contributed by atoms with E-state index >= 15 is 0 Å². The van der Waals surface area contributed by atoms with Crippen LogP contribution >= 0.6 is 31.9 Å². The molecule has 0 N–H and O–H groups in total. The van der Waals surface area contributed by atoms with Crippen molar-refractivity contribution in [2.45, 2.75) is 6.18 Å². The van der Waals surface area contributed by atoms with Gasteiger partial charge in [0.25, 0.3) is 5.69 Å². The standard InChI is InChI=1S/C9H4Br2F3NO3/c10-3-8(16)4-1-7(15(17)18)5(2-6(4)11)9(12,13)14/h1-2H,3H2. The van der Waals surface area contributed by atoms with Gasteiger partial charge in [-0.1, -0.05) is 31.9 Å². The first-order chi connectivity index (χ1) is 8.18. The second kappa shape index (κ2) is 5.35. The lowest BCUT2D eigenvalue weighted by molar-refractivity contribution is -0.388. The Morgan fingerprint density at radius 1 is 1.39 bits per heavy atom. The molecule has 0 spiro atoms. The van der Waals surface area contributed by atoms with Crippen LogP contribution in [0.15, 0.2) is 16.6 Å². The Labute approximate surface area is 116 Å². The summed E-state index contributed by atoms with van der Waals surface area (Å²) in [7, 11) is 0. The van der Waals surface area contributed by atoms with Crippen LogP contribution in [0.4, 0.5) is 18.9 Å². The first-order valence-electron chi connectivity index (χ1n) is 4.32. The molecule has 0 aliphatic rings. The maximum Gasteiger partial charge on any atom is 0.423 e. The van der Waals surface area contributed by atoms with Crippen molar-refractivity contribution >= 4 is 43.3 Å². The molecule has 1 aromatic rings. The molecule has 0 fully saturated rings. The summed E-state index contributed by atoms with van der Waals surface area (Å²) in [5.41, 5.74) is -2.72. The molecule has 1 aromatic carbocycles. The Morgan fingerprint density at radius 2 is 1.94 bits per heavy atom. The highest BCUT2D eigenvalue weighted by Gasteiger charge is 2.39. The molecule has 0 atom stereocenters. The van der Waals surface area contributed by atoms with Crippen molar-refractivity contribution in [3.63, 3.8) is 0 Å². The molecule has 0 aliphatic carbocycles. The van der Waals surface area contributed by atoms with Crippen LogP contribution in [-0.4, -0.2) is 16.0 Å². The number of benzene rings is 1. The fourth-order valence-corrected chi connectivity index (χ4v) is 2.09. The highest BCUT2D eigenvalue weighted by atomic mass is 79.9. The van der Waals surface area contributed by atoms with Crippen molar-refractivity contribution in [3.8, 4) is 0 Å². The molecule has 0 unspecified atom stereocenters. The molecule has 0 aromatic heterocycles. The average Bonchev–Trinajstić information content (AvgIpc) is 2.26. The third-order valence-electron chi connectivity index (χ3n) is 2.01. The van der Waals surface area contributed by atoms with E-state index in [0.717, 1.165) is 0 Å². The fraction of sp³-hybridized carbons (Fsp3) is 0.222. The monoisotopic (exact) mass is 389 g/mol. The number of nitro benzene ring substituents is 1. The number of alkyl halides is 4. The first-order valence-corrected chi connectivity index (χ1v) is 6.24. The Kier molecular flexibility index (Phi) is 4.49. The van der Waals surface area contributed by atoms with Crippen LogP contribution in [0.2, 0.25) is 0 Å². The minimum absolute atomic E-state index is 0.134. The van der Waals surface area contributed by atoms with Gasteiger partial charge in [-0.25, -0.2) is 0 Å². The molecule has 18 heavy (non-hydrogen) atoms. The minimum atomic E-state index is -4.86. The van der Waals surface area contributed by atoms with Gasteiger partial charge in [0, 0.05) is 16.1 Å². The molecule has 0 heterocycles. The van der Waals surface area contributed by atoms with E-state index in [9.17, 15) is 28.1 Å². The van der Waals surface area contributed by atoms with Crippen LogP contribution < -0.4 is 0 Å². The van der Waals surface area contributed by atoms with Gasteiger partial charge in [0.2, 0.25) is 0 Å². The molecular weight excluding hydrogens is 387 g/mol. The molecule has 1 rings (SSSR count). The summed E-state index contributed by atoms with van der Waals surface area (Å²) < 4.78 is 37.6. The first kappa shape index (κ1) is 15.1. The zero-order chi connectivity index (χ0) is 14.1. The van der Waals surface area contributed by atoms with Gasteiger partial charge in [-0.15, -0.1) is 0 Å². The number of nitro groups is 1. The van der Waals surface area contributed by atoms with E-state index < -0.39 is 28.1 Å². The summed E-state index contributed by atoms with van der Waals surface area (Å²) in [5.74, 6) is -0.557. The van der Waals surface area contributed by atoms with Crippen molar-refractivity contribution < 1.29 is 22.9 Å². The van der Waals surface area contributed by atoms with Crippen molar-refractivity contribution in [2.24, 2.45) is 0 Å². The second-order valence-electron chi connectivity index (χ2n) is 3.16. The predicted molar refractivity (Wildman–Crippen MR) is 63.9 cm³/mol. The lowest BCUT2D eigenvalue weighted by atomic mass is 10.1. The molecule has 0 saturated heterocycles. The van der Waals surface area contributed by atoms with Crippen molar-refractivity contribution in [1.82, 2.24) is 0 Å². The lowest BCUT2D eigenvalue weighted by Crippen LogP contribution is -2.11. The molecule has 0 radical (unpaired) electrons. The smallest absolute Gasteiger partial charge is 0.293 e. The summed E-state index contributed by atoms with van der Waals surface area (Å²) in [6.45, 7) is 0. The quantitative estimate of drug-likeness (QED) is 0.340. The van der Waals surface area contributed by atoms with Gasteiger partial charge in [0.15, 0.2) is 5.78 Å². The Morgan fingerprint density at radius 3 is 2.33 bits per heavy atom. The van der Waals surface area contributed by atoms with Gasteiger partial charge in [-0.2, -0.15) is 13.2 Å². The van der Waals surface area contributed by atoms with E-state index in [1.807, 2.05) is 0 Å². The largest absolute Gasteiger partial charge is 0.423 e. The minimum Gasteiger partial charge on any atom is -0.293 e. The number of hydrogen-bond donors (Lipinski definition) is 0. The van der Waals surface area contributed by atoms with Crippen LogP contribution in [0.1, 0.15) is 15.9 Å². The summed E-state index contributed by atoms with van der Waals surface area (Å²) >= 11 is 5.64. The number of hydrogen-bond acceptors (Lipinski definition) is 3. The lowest BCUT2D eigenvalue weighted by Gasteiger charge is -2.10. The predicted octanol–water partition coefficient (Wildman–Crippen LogP) is 3.95. The van der Waals surface area contributed by atoms with Crippen molar-refractivity contribution in [1.29, 1.82) is 0 Å². The second-order valence-corrected chi connectivity index (χ2v) is 4.58.